The predicted molar refractivity (Wildman–Crippen MR) is 80.4 cm³/mol. The van der Waals surface area contributed by atoms with Crippen LogP contribution in [-0.2, 0) is 13.8 Å². The van der Waals surface area contributed by atoms with Gasteiger partial charge in [0.15, 0.2) is 0 Å². The van der Waals surface area contributed by atoms with Crippen molar-refractivity contribution in [3.63, 3.8) is 0 Å². The maximum atomic E-state index is 12.4. The van der Waals surface area contributed by atoms with Crippen LogP contribution in [-0.4, -0.2) is 25.4 Å². The number of rotatable bonds is 8. The number of ether oxygens (including phenoxy) is 1. The van der Waals surface area contributed by atoms with Crippen molar-refractivity contribution in [2.45, 2.75) is 20.3 Å². The van der Waals surface area contributed by atoms with Crippen molar-refractivity contribution < 1.29 is 23.1 Å². The van der Waals surface area contributed by atoms with Gasteiger partial charge in [-0.1, -0.05) is 6.92 Å². The summed E-state index contributed by atoms with van der Waals surface area (Å²) in [5, 5.41) is 0. The maximum absolute atomic E-state index is 12.4. The third-order valence-electron chi connectivity index (χ3n) is 2.23. The molecule has 1 rings (SSSR count). The van der Waals surface area contributed by atoms with E-state index in [1.54, 1.807) is 31.2 Å². The molecule has 0 saturated heterocycles. The fourth-order valence-electron chi connectivity index (χ4n) is 1.35. The van der Waals surface area contributed by atoms with Crippen molar-refractivity contribution >= 4 is 24.1 Å². The third-order valence-corrected chi connectivity index (χ3v) is 6.19. The number of esters is 1. The highest BCUT2D eigenvalue weighted by molar-refractivity contribution is 8.55. The van der Waals surface area contributed by atoms with Gasteiger partial charge in [0, 0.05) is 5.75 Å². The highest BCUT2D eigenvalue weighted by Crippen LogP contribution is 2.60. The molecule has 0 amide bonds. The lowest BCUT2D eigenvalue weighted by atomic mass is 10.2. The minimum atomic E-state index is -3.20. The molecule has 1 aromatic rings. The van der Waals surface area contributed by atoms with E-state index in [4.69, 9.17) is 9.05 Å². The first-order valence-electron chi connectivity index (χ1n) is 6.31. The van der Waals surface area contributed by atoms with Gasteiger partial charge in [0.05, 0.1) is 19.3 Å². The monoisotopic (exact) mass is 318 g/mol. The van der Waals surface area contributed by atoms with E-state index in [1.807, 2.05) is 6.92 Å². The van der Waals surface area contributed by atoms with E-state index in [0.717, 1.165) is 6.42 Å². The van der Waals surface area contributed by atoms with Gasteiger partial charge in [-0.3, -0.25) is 4.52 Å². The summed E-state index contributed by atoms with van der Waals surface area (Å²) in [7, 11) is 1.32. The Labute approximate surface area is 123 Å². The Hall–Kier alpha value is -0.970. The quantitative estimate of drug-likeness (QED) is 0.530. The van der Waals surface area contributed by atoms with Gasteiger partial charge in [-0.05, 0) is 49.0 Å². The molecule has 20 heavy (non-hydrogen) atoms. The smallest absolute Gasteiger partial charge is 0.440 e. The molecule has 5 nitrogen and oxygen atoms in total. The predicted octanol–water partition coefficient (Wildman–Crippen LogP) is 4.14. The molecule has 0 aliphatic rings. The van der Waals surface area contributed by atoms with Crippen LogP contribution in [0.5, 0.6) is 5.75 Å². The molecule has 0 radical (unpaired) electrons. The Kier molecular flexibility index (Phi) is 7.13. The number of methoxy groups -OCH3 is 1. The van der Waals surface area contributed by atoms with Crippen molar-refractivity contribution in [2.24, 2.45) is 0 Å². The van der Waals surface area contributed by atoms with Crippen molar-refractivity contribution in [1.29, 1.82) is 0 Å². The summed E-state index contributed by atoms with van der Waals surface area (Å²) < 4.78 is 27.7. The van der Waals surface area contributed by atoms with Crippen LogP contribution in [0.25, 0.3) is 0 Å². The summed E-state index contributed by atoms with van der Waals surface area (Å²) in [4.78, 5) is 11.3. The van der Waals surface area contributed by atoms with E-state index in [9.17, 15) is 9.36 Å². The molecular weight excluding hydrogens is 299 g/mol. The van der Waals surface area contributed by atoms with Gasteiger partial charge in [-0.2, -0.15) is 0 Å². The Bertz CT molecular complexity index is 474. The zero-order valence-corrected chi connectivity index (χ0v) is 13.5. The molecule has 0 aliphatic carbocycles. The van der Waals surface area contributed by atoms with E-state index in [-0.39, 0.29) is 0 Å². The second kappa shape index (κ2) is 8.35. The second-order valence-corrected chi connectivity index (χ2v) is 7.92. The largest absolute Gasteiger partial charge is 0.465 e. The van der Waals surface area contributed by atoms with Gasteiger partial charge in [-0.25, -0.2) is 9.36 Å². The molecule has 1 aromatic carbocycles. The van der Waals surface area contributed by atoms with Crippen molar-refractivity contribution in [3.05, 3.63) is 29.8 Å². The average molecular weight is 318 g/mol. The lowest BCUT2D eigenvalue weighted by molar-refractivity contribution is 0.0600. The highest BCUT2D eigenvalue weighted by Gasteiger charge is 2.26. The van der Waals surface area contributed by atoms with Gasteiger partial charge >= 0.3 is 12.8 Å². The highest BCUT2D eigenvalue weighted by atomic mass is 32.7. The molecule has 0 aromatic heterocycles. The number of carbonyl (C=O) groups is 1. The van der Waals surface area contributed by atoms with E-state index >= 15 is 0 Å². The molecule has 7 heteroatoms. The van der Waals surface area contributed by atoms with E-state index in [1.165, 1.54) is 18.5 Å². The molecule has 0 fully saturated rings. The second-order valence-electron chi connectivity index (χ2n) is 3.81. The summed E-state index contributed by atoms with van der Waals surface area (Å²) in [6.07, 6.45) is 0.881. The molecule has 0 heterocycles. The van der Waals surface area contributed by atoms with Crippen LogP contribution in [0.2, 0.25) is 0 Å². The standard InChI is InChI=1S/C13H19O5PS/c1-4-10-20-19(15,17-5-2)18-12-8-6-11(7-9-12)13(14)16-3/h6-9H,4-5,10H2,1-3H3. The third kappa shape index (κ3) is 5.19. The normalized spacial score (nSPS) is 13.6. The Morgan fingerprint density at radius 1 is 1.25 bits per heavy atom. The molecule has 1 atom stereocenters. The summed E-state index contributed by atoms with van der Waals surface area (Å²) in [5.41, 5.74) is 0.410. The van der Waals surface area contributed by atoms with E-state index in [2.05, 4.69) is 4.74 Å². The maximum Gasteiger partial charge on any atom is 0.440 e. The number of carbonyl (C=O) groups excluding carboxylic acids is 1. The average Bonchev–Trinajstić information content (AvgIpc) is 2.45. The Morgan fingerprint density at radius 2 is 1.90 bits per heavy atom. The van der Waals surface area contributed by atoms with Crippen LogP contribution in [0, 0.1) is 0 Å². The van der Waals surface area contributed by atoms with Crippen molar-refractivity contribution in [1.82, 2.24) is 0 Å². The van der Waals surface area contributed by atoms with Gasteiger partial charge in [-0.15, -0.1) is 0 Å². The minimum Gasteiger partial charge on any atom is -0.465 e. The number of hydrogen-bond acceptors (Lipinski definition) is 6. The zero-order valence-electron chi connectivity index (χ0n) is 11.8. The van der Waals surface area contributed by atoms with E-state index < -0.39 is 12.8 Å². The minimum absolute atomic E-state index is 0.314. The molecular formula is C13H19O5PS. The lowest BCUT2D eigenvalue weighted by Crippen LogP contribution is -2.01. The van der Waals surface area contributed by atoms with Crippen LogP contribution >= 0.6 is 18.2 Å². The topological polar surface area (TPSA) is 61.8 Å². The SMILES string of the molecule is CCCSP(=O)(OCC)Oc1ccc(C(=O)OC)cc1. The first-order valence-corrected chi connectivity index (χ1v) is 9.45. The summed E-state index contributed by atoms with van der Waals surface area (Å²) in [5.74, 6) is 0.667. The number of hydrogen-bond donors (Lipinski definition) is 0. The van der Waals surface area contributed by atoms with Crippen molar-refractivity contribution in [2.75, 3.05) is 19.5 Å². The number of benzene rings is 1. The molecule has 0 N–H and O–H groups in total. The zero-order chi connectivity index (χ0) is 15.0. The molecule has 1 unspecified atom stereocenters. The van der Waals surface area contributed by atoms with Crippen LogP contribution in [0.4, 0.5) is 0 Å². The van der Waals surface area contributed by atoms with Crippen LogP contribution in [0.1, 0.15) is 30.6 Å². The Morgan fingerprint density at radius 3 is 2.40 bits per heavy atom. The van der Waals surface area contributed by atoms with Crippen LogP contribution in [0.15, 0.2) is 24.3 Å². The Balaban J connectivity index is 2.78. The molecule has 0 spiro atoms. The fraction of sp³-hybridized carbons (Fsp3) is 0.462. The first-order chi connectivity index (χ1) is 9.54. The van der Waals surface area contributed by atoms with Gasteiger partial charge in [0.2, 0.25) is 0 Å². The molecule has 0 aliphatic heterocycles. The summed E-state index contributed by atoms with van der Waals surface area (Å²) >= 11 is 1.18. The molecule has 0 bridgehead atoms. The van der Waals surface area contributed by atoms with Gasteiger partial charge < -0.3 is 9.26 Å². The van der Waals surface area contributed by atoms with Gasteiger partial charge in [0.25, 0.3) is 0 Å². The fourth-order valence-corrected chi connectivity index (χ4v) is 4.81. The molecule has 0 saturated carbocycles. The lowest BCUT2D eigenvalue weighted by Gasteiger charge is -2.17. The first kappa shape index (κ1) is 17.1. The van der Waals surface area contributed by atoms with Crippen molar-refractivity contribution in [3.8, 4) is 5.75 Å². The summed E-state index contributed by atoms with van der Waals surface area (Å²) in [6, 6.07) is 6.26. The van der Waals surface area contributed by atoms with E-state index in [0.29, 0.717) is 23.7 Å². The van der Waals surface area contributed by atoms with Gasteiger partial charge in [0.1, 0.15) is 5.75 Å². The summed E-state index contributed by atoms with van der Waals surface area (Å²) in [6.45, 7) is 0.872. The molecule has 112 valence electrons. The van der Waals surface area contributed by atoms with Crippen LogP contribution < -0.4 is 4.52 Å². The van der Waals surface area contributed by atoms with Crippen LogP contribution in [0.3, 0.4) is 0 Å².